The Morgan fingerprint density at radius 2 is 0.707 bits per heavy atom. The Hall–Kier alpha value is 0.981. The molecule has 0 aromatic carbocycles. The van der Waals surface area contributed by atoms with Crippen LogP contribution >= 0.6 is 0 Å². The van der Waals surface area contributed by atoms with Gasteiger partial charge in [-0.15, -0.1) is 0 Å². The van der Waals surface area contributed by atoms with Crippen LogP contribution in [0.5, 0.6) is 0 Å². The fourth-order valence-electron chi connectivity index (χ4n) is 4.99. The average molecular weight is 689 g/mol. The van der Waals surface area contributed by atoms with Crippen molar-refractivity contribution in [2.45, 2.75) is 129 Å². The van der Waals surface area contributed by atoms with Crippen molar-refractivity contribution < 1.29 is 36.1 Å². The Bertz CT molecular complexity index is 625. The summed E-state index contributed by atoms with van der Waals surface area (Å²) < 4.78 is 38.2. The quantitative estimate of drug-likeness (QED) is 0.0819. The van der Waals surface area contributed by atoms with E-state index in [1.54, 1.807) is 0 Å². The van der Waals surface area contributed by atoms with E-state index < -0.39 is 55.8 Å². The number of aliphatic hydroxyl groups is 2. The molecule has 0 rings (SSSR count). The minimum Gasteiger partial charge on any atom is -0.437 e. The van der Waals surface area contributed by atoms with E-state index in [2.05, 4.69) is 91.7 Å². The standard InChI is InChI=1S/C27H68O8Si6/c1-36(2,3)32-40(13,33-37(4,5)6)21-17-15-19-30-25-27(23-28,24-29)26-31-20-16-18-22-41(14,34-38(7,8)9)35-39(10,11)12/h28-29H,15-26H2,1-14H3. The lowest BCUT2D eigenvalue weighted by atomic mass is 9.92. The zero-order valence-electron chi connectivity index (χ0n) is 29.3. The Balaban J connectivity index is 4.63. The molecule has 0 fully saturated rings. The summed E-state index contributed by atoms with van der Waals surface area (Å²) in [5.74, 6) is 0. The number of aliphatic hydroxyl groups excluding tert-OH is 2. The molecule has 0 spiro atoms. The molecule has 248 valence electrons. The highest BCUT2D eigenvalue weighted by molar-refractivity contribution is 6.88. The first kappa shape index (κ1) is 42.0. The van der Waals surface area contributed by atoms with Crippen molar-refractivity contribution in [1.82, 2.24) is 0 Å². The van der Waals surface area contributed by atoms with E-state index in [-0.39, 0.29) is 26.4 Å². The van der Waals surface area contributed by atoms with Gasteiger partial charge < -0.3 is 36.1 Å². The smallest absolute Gasteiger partial charge is 0.314 e. The van der Waals surface area contributed by atoms with Crippen molar-refractivity contribution >= 4 is 50.4 Å². The maximum absolute atomic E-state index is 10.1. The van der Waals surface area contributed by atoms with Crippen molar-refractivity contribution in [3.63, 3.8) is 0 Å². The number of hydrogen-bond acceptors (Lipinski definition) is 8. The van der Waals surface area contributed by atoms with Crippen molar-refractivity contribution in [3.8, 4) is 0 Å². The molecule has 0 atom stereocenters. The molecule has 0 aliphatic rings. The van der Waals surface area contributed by atoms with Crippen LogP contribution in [0.3, 0.4) is 0 Å². The third-order valence-electron chi connectivity index (χ3n) is 5.91. The summed E-state index contributed by atoms with van der Waals surface area (Å²) in [6.07, 6.45) is 3.74. The minimum absolute atomic E-state index is 0.179. The van der Waals surface area contributed by atoms with Crippen molar-refractivity contribution in [2.75, 3.05) is 39.6 Å². The second-order valence-corrected chi connectivity index (χ2v) is 41.7. The Kier molecular flexibility index (Phi) is 18.0. The number of rotatable bonds is 24. The summed E-state index contributed by atoms with van der Waals surface area (Å²) in [4.78, 5) is 0. The molecule has 0 aliphatic heterocycles. The van der Waals surface area contributed by atoms with E-state index in [9.17, 15) is 10.2 Å². The predicted octanol–water partition coefficient (Wildman–Crippen LogP) is 7.10. The largest absolute Gasteiger partial charge is 0.437 e. The van der Waals surface area contributed by atoms with Crippen LogP contribution in [0.4, 0.5) is 0 Å². The second kappa shape index (κ2) is 17.6. The van der Waals surface area contributed by atoms with Crippen LogP contribution in [0.2, 0.25) is 104 Å². The SMILES string of the molecule is C[Si](C)(C)O[Si](C)(CCCCOCC(CO)(CO)COCCCC[Si](C)(O[Si](C)(C)C)O[Si](C)(C)C)O[Si](C)(C)C. The zero-order valence-corrected chi connectivity index (χ0v) is 35.3. The van der Waals surface area contributed by atoms with Gasteiger partial charge in [-0.2, -0.15) is 0 Å². The van der Waals surface area contributed by atoms with E-state index in [0.717, 1.165) is 37.8 Å². The molecule has 0 radical (unpaired) electrons. The van der Waals surface area contributed by atoms with Gasteiger partial charge in [0.15, 0.2) is 33.3 Å². The number of unbranched alkanes of at least 4 members (excludes halogenated alkanes) is 2. The van der Waals surface area contributed by atoms with Crippen molar-refractivity contribution in [2.24, 2.45) is 5.41 Å². The van der Waals surface area contributed by atoms with Gasteiger partial charge in [0.05, 0.1) is 31.8 Å². The molecule has 41 heavy (non-hydrogen) atoms. The van der Waals surface area contributed by atoms with Gasteiger partial charge in [-0.3, -0.25) is 0 Å². The van der Waals surface area contributed by atoms with Gasteiger partial charge in [-0.05, 0) is 129 Å². The van der Waals surface area contributed by atoms with Crippen LogP contribution in [0, 0.1) is 5.41 Å². The summed E-state index contributed by atoms with van der Waals surface area (Å²) in [6, 6.07) is 1.90. The van der Waals surface area contributed by atoms with E-state index in [1.807, 2.05) is 0 Å². The Morgan fingerprint density at radius 1 is 0.439 bits per heavy atom. The summed E-state index contributed by atoms with van der Waals surface area (Å²) in [5.41, 5.74) is -0.795. The summed E-state index contributed by atoms with van der Waals surface area (Å²) >= 11 is 0. The van der Waals surface area contributed by atoms with Crippen LogP contribution in [-0.4, -0.2) is 100 Å². The van der Waals surface area contributed by atoms with Gasteiger partial charge in [-0.25, -0.2) is 0 Å². The van der Waals surface area contributed by atoms with Crippen LogP contribution in [0.25, 0.3) is 0 Å². The molecule has 0 aromatic heterocycles. The zero-order chi connectivity index (χ0) is 32.2. The third-order valence-corrected chi connectivity index (χ3v) is 25.1. The lowest BCUT2D eigenvalue weighted by Crippen LogP contribution is -2.52. The fourth-order valence-corrected chi connectivity index (χ4v) is 30.2. The Morgan fingerprint density at radius 3 is 0.927 bits per heavy atom. The molecule has 0 unspecified atom stereocenters. The molecule has 0 saturated heterocycles. The average Bonchev–Trinajstić information content (AvgIpc) is 2.71. The molecule has 0 heterocycles. The number of hydrogen-bond donors (Lipinski definition) is 2. The van der Waals surface area contributed by atoms with E-state index in [0.29, 0.717) is 13.2 Å². The molecule has 2 N–H and O–H groups in total. The Labute approximate surface area is 260 Å². The van der Waals surface area contributed by atoms with Crippen LogP contribution in [0.1, 0.15) is 25.7 Å². The lowest BCUT2D eigenvalue weighted by Gasteiger charge is -2.38. The van der Waals surface area contributed by atoms with Gasteiger partial charge in [0, 0.05) is 13.2 Å². The van der Waals surface area contributed by atoms with Gasteiger partial charge in [0.25, 0.3) is 0 Å². The van der Waals surface area contributed by atoms with Gasteiger partial charge in [-0.1, -0.05) is 0 Å². The van der Waals surface area contributed by atoms with Gasteiger partial charge >= 0.3 is 17.1 Å². The van der Waals surface area contributed by atoms with Gasteiger partial charge in [0.1, 0.15) is 0 Å². The van der Waals surface area contributed by atoms with Crippen LogP contribution in [0.15, 0.2) is 0 Å². The highest BCUT2D eigenvalue weighted by atomic mass is 28.5. The summed E-state index contributed by atoms with van der Waals surface area (Å²) in [7, 11) is -11.3. The number of ether oxygens (including phenoxy) is 2. The molecule has 0 aliphatic carbocycles. The lowest BCUT2D eigenvalue weighted by molar-refractivity contribution is -0.0774. The van der Waals surface area contributed by atoms with E-state index in [4.69, 9.17) is 25.9 Å². The van der Waals surface area contributed by atoms with Crippen molar-refractivity contribution in [1.29, 1.82) is 0 Å². The molecular weight excluding hydrogens is 621 g/mol. The highest BCUT2D eigenvalue weighted by Crippen LogP contribution is 2.28. The highest BCUT2D eigenvalue weighted by Gasteiger charge is 2.41. The summed E-state index contributed by atoms with van der Waals surface area (Å²) in [5, 5.41) is 20.1. The fraction of sp³-hybridized carbons (Fsp3) is 1.00. The maximum Gasteiger partial charge on any atom is 0.314 e. The first-order chi connectivity index (χ1) is 18.4. The van der Waals surface area contributed by atoms with Gasteiger partial charge in [0.2, 0.25) is 0 Å². The molecule has 0 aromatic rings. The normalized spacial score (nSPS) is 14.6. The second-order valence-electron chi connectivity index (χ2n) is 16.0. The first-order valence-electron chi connectivity index (χ1n) is 15.5. The minimum atomic E-state index is -2.24. The monoisotopic (exact) mass is 688 g/mol. The first-order valence-corrected chi connectivity index (χ1v) is 34.2. The van der Waals surface area contributed by atoms with E-state index >= 15 is 0 Å². The molecule has 0 saturated carbocycles. The maximum atomic E-state index is 10.1. The molecular formula is C27H68O8Si6. The van der Waals surface area contributed by atoms with Crippen molar-refractivity contribution in [3.05, 3.63) is 0 Å². The topological polar surface area (TPSA) is 95.8 Å². The third kappa shape index (κ3) is 22.2. The van der Waals surface area contributed by atoms with E-state index in [1.165, 1.54) is 0 Å². The molecule has 8 nitrogen and oxygen atoms in total. The van der Waals surface area contributed by atoms with Crippen LogP contribution in [-0.2, 0) is 25.9 Å². The summed E-state index contributed by atoms with van der Waals surface area (Å²) in [6.45, 7) is 32.5. The predicted molar refractivity (Wildman–Crippen MR) is 187 cm³/mol. The molecule has 14 heteroatoms. The molecule has 0 bridgehead atoms. The molecule has 0 amide bonds. The van der Waals surface area contributed by atoms with Crippen LogP contribution < -0.4 is 0 Å².